The van der Waals surface area contributed by atoms with Crippen molar-refractivity contribution in [3.63, 3.8) is 0 Å². The van der Waals surface area contributed by atoms with Crippen molar-refractivity contribution in [1.82, 2.24) is 4.98 Å². The zero-order chi connectivity index (χ0) is 9.97. The fourth-order valence-electron chi connectivity index (χ4n) is 2.16. The van der Waals surface area contributed by atoms with E-state index in [-0.39, 0.29) is 5.82 Å². The summed E-state index contributed by atoms with van der Waals surface area (Å²) >= 11 is 3.13. The highest BCUT2D eigenvalue weighted by Crippen LogP contribution is 2.34. The Bertz CT molecular complexity index is 321. The lowest BCUT2D eigenvalue weighted by Gasteiger charge is -2.22. The summed E-state index contributed by atoms with van der Waals surface area (Å²) in [4.78, 5) is 3.88. The van der Waals surface area contributed by atoms with Crippen LogP contribution < -0.4 is 0 Å². The van der Waals surface area contributed by atoms with Gasteiger partial charge in [0.25, 0.3) is 0 Å². The molecule has 0 saturated heterocycles. The molecule has 0 radical (unpaired) electrons. The first kappa shape index (κ1) is 10.1. The number of nitrogens with zero attached hydrogens (tertiary/aromatic N) is 1. The molecule has 1 aliphatic rings. The van der Waals surface area contributed by atoms with Crippen molar-refractivity contribution < 1.29 is 4.39 Å². The summed E-state index contributed by atoms with van der Waals surface area (Å²) in [5, 5.41) is 0. The smallest absolute Gasteiger partial charge is 0.159 e. The summed E-state index contributed by atoms with van der Waals surface area (Å²) in [5.41, 5.74) is 0.839. The molecule has 0 amide bonds. The van der Waals surface area contributed by atoms with Gasteiger partial charge in [-0.15, -0.1) is 0 Å². The average molecular weight is 258 g/mol. The van der Waals surface area contributed by atoms with Crippen LogP contribution >= 0.6 is 15.9 Å². The fourth-order valence-corrected chi connectivity index (χ4v) is 2.51. The van der Waals surface area contributed by atoms with E-state index in [4.69, 9.17) is 0 Å². The van der Waals surface area contributed by atoms with Gasteiger partial charge in [0.15, 0.2) is 5.82 Å². The number of halogens is 2. The highest BCUT2D eigenvalue weighted by atomic mass is 79.9. The van der Waals surface area contributed by atoms with Gasteiger partial charge in [0, 0.05) is 6.20 Å². The van der Waals surface area contributed by atoms with Gasteiger partial charge in [-0.3, -0.25) is 0 Å². The lowest BCUT2D eigenvalue weighted by Crippen LogP contribution is -2.07. The van der Waals surface area contributed by atoms with Crippen LogP contribution in [0, 0.1) is 5.82 Å². The first-order valence-electron chi connectivity index (χ1n) is 5.09. The van der Waals surface area contributed by atoms with Gasteiger partial charge in [-0.25, -0.2) is 9.37 Å². The van der Waals surface area contributed by atoms with Gasteiger partial charge in [-0.2, -0.15) is 0 Å². The van der Waals surface area contributed by atoms with Gasteiger partial charge < -0.3 is 0 Å². The van der Waals surface area contributed by atoms with Crippen molar-refractivity contribution >= 4 is 15.9 Å². The molecule has 0 spiro atoms. The molecule has 76 valence electrons. The summed E-state index contributed by atoms with van der Waals surface area (Å²) in [7, 11) is 0. The number of aromatic nitrogens is 1. The Morgan fingerprint density at radius 3 is 2.71 bits per heavy atom. The summed E-state index contributed by atoms with van der Waals surface area (Å²) in [6, 6.07) is 1.82. The minimum absolute atomic E-state index is 0.167. The molecule has 1 aliphatic carbocycles. The largest absolute Gasteiger partial charge is 0.246 e. The maximum Gasteiger partial charge on any atom is 0.159 e. The monoisotopic (exact) mass is 257 g/mol. The third-order valence-corrected chi connectivity index (χ3v) is 3.47. The molecule has 1 fully saturated rings. The Labute approximate surface area is 91.9 Å². The van der Waals surface area contributed by atoms with E-state index in [1.165, 1.54) is 19.3 Å². The maximum absolute atomic E-state index is 13.7. The van der Waals surface area contributed by atoms with E-state index in [0.717, 1.165) is 18.4 Å². The van der Waals surface area contributed by atoms with Gasteiger partial charge in [-0.05, 0) is 46.3 Å². The molecule has 1 saturated carbocycles. The molecule has 2 rings (SSSR count). The van der Waals surface area contributed by atoms with Crippen LogP contribution in [-0.4, -0.2) is 4.98 Å². The Morgan fingerprint density at radius 1 is 1.29 bits per heavy atom. The lowest BCUT2D eigenvalue weighted by atomic mass is 9.84. The van der Waals surface area contributed by atoms with Crippen molar-refractivity contribution in [3.8, 4) is 0 Å². The fraction of sp³-hybridized carbons (Fsp3) is 0.545. The van der Waals surface area contributed by atoms with Crippen molar-refractivity contribution in [2.24, 2.45) is 0 Å². The molecule has 0 aliphatic heterocycles. The second-order valence-corrected chi connectivity index (χ2v) is 4.59. The van der Waals surface area contributed by atoms with E-state index in [2.05, 4.69) is 20.9 Å². The molecule has 1 heterocycles. The lowest BCUT2D eigenvalue weighted by molar-refractivity contribution is 0.428. The quantitative estimate of drug-likeness (QED) is 0.693. The minimum Gasteiger partial charge on any atom is -0.246 e. The van der Waals surface area contributed by atoms with Crippen LogP contribution in [0.25, 0.3) is 0 Å². The van der Waals surface area contributed by atoms with Gasteiger partial charge in [0.1, 0.15) is 4.60 Å². The van der Waals surface area contributed by atoms with E-state index in [0.29, 0.717) is 10.5 Å². The highest BCUT2D eigenvalue weighted by Gasteiger charge is 2.19. The van der Waals surface area contributed by atoms with Crippen LogP contribution in [0.3, 0.4) is 0 Å². The first-order valence-corrected chi connectivity index (χ1v) is 5.88. The van der Waals surface area contributed by atoms with Crippen LogP contribution in [0.4, 0.5) is 4.39 Å². The third kappa shape index (κ3) is 1.97. The Morgan fingerprint density at radius 2 is 2.00 bits per heavy atom. The van der Waals surface area contributed by atoms with Crippen LogP contribution in [-0.2, 0) is 0 Å². The van der Waals surface area contributed by atoms with Gasteiger partial charge in [-0.1, -0.05) is 19.3 Å². The molecule has 14 heavy (non-hydrogen) atoms. The van der Waals surface area contributed by atoms with Gasteiger partial charge in [0.2, 0.25) is 0 Å². The standard InChI is InChI=1S/C11H13BrFN/c12-11-10(13)9(6-7-14-11)8-4-2-1-3-5-8/h6-8H,1-5H2. The summed E-state index contributed by atoms with van der Waals surface area (Å²) in [6.07, 6.45) is 7.66. The van der Waals surface area contributed by atoms with E-state index < -0.39 is 0 Å². The first-order chi connectivity index (χ1) is 6.79. The second-order valence-electron chi connectivity index (χ2n) is 3.84. The molecular formula is C11H13BrFN. The summed E-state index contributed by atoms with van der Waals surface area (Å²) in [5.74, 6) is 0.238. The summed E-state index contributed by atoms with van der Waals surface area (Å²) < 4.78 is 14.0. The predicted octanol–water partition coefficient (Wildman–Crippen LogP) is 4.03. The molecule has 1 aromatic heterocycles. The van der Waals surface area contributed by atoms with E-state index in [9.17, 15) is 4.39 Å². The molecule has 0 atom stereocenters. The summed E-state index contributed by atoms with van der Waals surface area (Å²) in [6.45, 7) is 0. The van der Waals surface area contributed by atoms with Crippen molar-refractivity contribution in [1.29, 1.82) is 0 Å². The van der Waals surface area contributed by atoms with Crippen molar-refractivity contribution in [2.75, 3.05) is 0 Å². The SMILES string of the molecule is Fc1c(C2CCCCC2)ccnc1Br. The van der Waals surface area contributed by atoms with E-state index in [1.807, 2.05) is 6.07 Å². The minimum atomic E-state index is -0.167. The Kier molecular flexibility index (Phi) is 3.16. The molecular weight excluding hydrogens is 245 g/mol. The van der Waals surface area contributed by atoms with Gasteiger partial charge >= 0.3 is 0 Å². The van der Waals surface area contributed by atoms with Crippen LogP contribution in [0.15, 0.2) is 16.9 Å². The Balaban J connectivity index is 2.26. The van der Waals surface area contributed by atoms with Crippen molar-refractivity contribution in [2.45, 2.75) is 38.0 Å². The number of hydrogen-bond donors (Lipinski definition) is 0. The zero-order valence-corrected chi connectivity index (χ0v) is 9.56. The number of hydrogen-bond acceptors (Lipinski definition) is 1. The number of rotatable bonds is 1. The van der Waals surface area contributed by atoms with Crippen LogP contribution in [0.5, 0.6) is 0 Å². The molecule has 0 unspecified atom stereocenters. The zero-order valence-electron chi connectivity index (χ0n) is 7.97. The molecule has 1 nitrogen and oxygen atoms in total. The molecule has 1 aromatic rings. The van der Waals surface area contributed by atoms with E-state index >= 15 is 0 Å². The van der Waals surface area contributed by atoms with E-state index in [1.54, 1.807) is 6.20 Å². The van der Waals surface area contributed by atoms with Crippen molar-refractivity contribution in [3.05, 3.63) is 28.2 Å². The molecule has 0 aromatic carbocycles. The Hall–Kier alpha value is -0.440. The molecule has 0 bridgehead atoms. The average Bonchev–Trinajstić information content (AvgIpc) is 2.23. The topological polar surface area (TPSA) is 12.9 Å². The second kappa shape index (κ2) is 4.39. The maximum atomic E-state index is 13.7. The highest BCUT2D eigenvalue weighted by molar-refractivity contribution is 9.10. The predicted molar refractivity (Wildman–Crippen MR) is 57.7 cm³/mol. The third-order valence-electron chi connectivity index (χ3n) is 2.92. The van der Waals surface area contributed by atoms with Crippen LogP contribution in [0.2, 0.25) is 0 Å². The molecule has 0 N–H and O–H groups in total. The normalized spacial score (nSPS) is 18.4. The van der Waals surface area contributed by atoms with Gasteiger partial charge in [0.05, 0.1) is 0 Å². The van der Waals surface area contributed by atoms with Crippen LogP contribution in [0.1, 0.15) is 43.6 Å². The molecule has 3 heteroatoms. The number of pyridine rings is 1.